The number of benzene rings is 1. The summed E-state index contributed by atoms with van der Waals surface area (Å²) in [5, 5.41) is 7.69. The second kappa shape index (κ2) is 5.35. The molecule has 0 fully saturated rings. The number of nitrogens with zero attached hydrogens (tertiary/aromatic N) is 2. The number of hydrogen-bond acceptors (Lipinski definition) is 2. The van der Waals surface area contributed by atoms with Crippen molar-refractivity contribution in [2.75, 3.05) is 0 Å². The van der Waals surface area contributed by atoms with Crippen molar-refractivity contribution in [2.24, 2.45) is 0 Å². The van der Waals surface area contributed by atoms with Crippen LogP contribution in [0.25, 0.3) is 5.52 Å². The summed E-state index contributed by atoms with van der Waals surface area (Å²) in [4.78, 5) is 12.2. The molecule has 0 radical (unpaired) electrons. The zero-order valence-corrected chi connectivity index (χ0v) is 11.3. The molecular weight excluding hydrogens is 274 g/mol. The van der Waals surface area contributed by atoms with E-state index in [2.05, 4.69) is 10.4 Å². The monoisotopic (exact) mass is 285 g/mol. The van der Waals surface area contributed by atoms with Crippen LogP contribution >= 0.6 is 11.6 Å². The van der Waals surface area contributed by atoms with Crippen LogP contribution in [0.5, 0.6) is 0 Å². The van der Waals surface area contributed by atoms with E-state index in [-0.39, 0.29) is 5.91 Å². The Bertz CT molecular complexity index is 749. The highest BCUT2D eigenvalue weighted by Gasteiger charge is 2.10. The molecule has 1 N–H and O–H groups in total. The lowest BCUT2D eigenvalue weighted by molar-refractivity contribution is 0.0952. The average Bonchev–Trinajstić information content (AvgIpc) is 2.94. The van der Waals surface area contributed by atoms with E-state index in [1.165, 1.54) is 0 Å². The highest BCUT2D eigenvalue weighted by Crippen LogP contribution is 2.11. The third-order valence-electron chi connectivity index (χ3n) is 3.05. The second-order valence-electron chi connectivity index (χ2n) is 4.39. The summed E-state index contributed by atoms with van der Waals surface area (Å²) in [5.74, 6) is -0.119. The molecule has 0 saturated carbocycles. The fraction of sp³-hybridized carbons (Fsp3) is 0.0667. The number of halogens is 1. The number of pyridine rings is 1. The van der Waals surface area contributed by atoms with Crippen molar-refractivity contribution >= 4 is 23.0 Å². The van der Waals surface area contributed by atoms with Crippen molar-refractivity contribution in [3.63, 3.8) is 0 Å². The van der Waals surface area contributed by atoms with E-state index in [0.29, 0.717) is 17.1 Å². The summed E-state index contributed by atoms with van der Waals surface area (Å²) in [6, 6.07) is 12.8. The summed E-state index contributed by atoms with van der Waals surface area (Å²) >= 11 is 5.83. The SMILES string of the molecule is O=C(NCc1ccc(Cl)cc1)c1cccn2nccc12. The van der Waals surface area contributed by atoms with Crippen LogP contribution in [-0.2, 0) is 6.54 Å². The topological polar surface area (TPSA) is 46.4 Å². The van der Waals surface area contributed by atoms with Gasteiger partial charge in [0.2, 0.25) is 0 Å². The maximum Gasteiger partial charge on any atom is 0.253 e. The minimum atomic E-state index is -0.119. The van der Waals surface area contributed by atoms with Crippen LogP contribution in [0, 0.1) is 0 Å². The quantitative estimate of drug-likeness (QED) is 0.804. The highest BCUT2D eigenvalue weighted by atomic mass is 35.5. The van der Waals surface area contributed by atoms with Gasteiger partial charge < -0.3 is 5.32 Å². The Morgan fingerprint density at radius 2 is 2.00 bits per heavy atom. The van der Waals surface area contributed by atoms with Gasteiger partial charge in [0, 0.05) is 17.8 Å². The van der Waals surface area contributed by atoms with Gasteiger partial charge in [0.25, 0.3) is 5.91 Å². The molecule has 2 heterocycles. The van der Waals surface area contributed by atoms with Gasteiger partial charge in [-0.05, 0) is 35.9 Å². The van der Waals surface area contributed by atoms with Gasteiger partial charge in [-0.15, -0.1) is 0 Å². The number of aromatic nitrogens is 2. The predicted octanol–water partition coefficient (Wildman–Crippen LogP) is 2.92. The number of carbonyl (C=O) groups excluding carboxylic acids is 1. The van der Waals surface area contributed by atoms with Crippen LogP contribution in [0.4, 0.5) is 0 Å². The molecule has 0 aliphatic rings. The zero-order valence-electron chi connectivity index (χ0n) is 10.6. The number of carbonyl (C=O) groups is 1. The Kier molecular flexibility index (Phi) is 3.39. The first-order valence-electron chi connectivity index (χ1n) is 6.19. The normalized spacial score (nSPS) is 10.7. The molecule has 2 aromatic heterocycles. The lowest BCUT2D eigenvalue weighted by Crippen LogP contribution is -2.23. The van der Waals surface area contributed by atoms with Crippen molar-refractivity contribution in [1.29, 1.82) is 0 Å². The average molecular weight is 286 g/mol. The molecule has 0 saturated heterocycles. The molecule has 0 bridgehead atoms. The molecule has 100 valence electrons. The summed E-state index contributed by atoms with van der Waals surface area (Å²) in [7, 11) is 0. The number of hydrogen-bond donors (Lipinski definition) is 1. The fourth-order valence-electron chi connectivity index (χ4n) is 2.02. The Morgan fingerprint density at radius 1 is 1.20 bits per heavy atom. The highest BCUT2D eigenvalue weighted by molar-refractivity contribution is 6.30. The summed E-state index contributed by atoms with van der Waals surface area (Å²) < 4.78 is 1.68. The smallest absolute Gasteiger partial charge is 0.253 e. The third kappa shape index (κ3) is 2.51. The van der Waals surface area contributed by atoms with Crippen molar-refractivity contribution in [1.82, 2.24) is 14.9 Å². The minimum Gasteiger partial charge on any atom is -0.348 e. The van der Waals surface area contributed by atoms with Crippen LogP contribution in [-0.4, -0.2) is 15.5 Å². The van der Waals surface area contributed by atoms with Gasteiger partial charge in [-0.25, -0.2) is 4.52 Å². The van der Waals surface area contributed by atoms with Crippen molar-refractivity contribution in [2.45, 2.75) is 6.54 Å². The van der Waals surface area contributed by atoms with Crippen molar-refractivity contribution in [3.8, 4) is 0 Å². The molecule has 1 aromatic carbocycles. The number of rotatable bonds is 3. The first kappa shape index (κ1) is 12.7. The van der Waals surface area contributed by atoms with Gasteiger partial charge in [-0.3, -0.25) is 4.79 Å². The molecule has 0 atom stereocenters. The Balaban J connectivity index is 1.76. The summed E-state index contributed by atoms with van der Waals surface area (Å²) in [6.45, 7) is 0.463. The molecule has 1 amide bonds. The van der Waals surface area contributed by atoms with Gasteiger partial charge >= 0.3 is 0 Å². The largest absolute Gasteiger partial charge is 0.348 e. The van der Waals surface area contributed by atoms with E-state index in [0.717, 1.165) is 11.1 Å². The molecule has 0 aliphatic heterocycles. The summed E-state index contributed by atoms with van der Waals surface area (Å²) in [5.41, 5.74) is 2.41. The van der Waals surface area contributed by atoms with E-state index < -0.39 is 0 Å². The zero-order chi connectivity index (χ0) is 13.9. The molecule has 0 spiro atoms. The maximum absolute atomic E-state index is 12.2. The van der Waals surface area contributed by atoms with Crippen LogP contribution in [0.2, 0.25) is 5.02 Å². The van der Waals surface area contributed by atoms with Crippen molar-refractivity contribution < 1.29 is 4.79 Å². The van der Waals surface area contributed by atoms with E-state index in [1.54, 1.807) is 35.0 Å². The molecule has 5 heteroatoms. The predicted molar refractivity (Wildman–Crippen MR) is 77.8 cm³/mol. The second-order valence-corrected chi connectivity index (χ2v) is 4.83. The maximum atomic E-state index is 12.2. The van der Waals surface area contributed by atoms with Crippen LogP contribution < -0.4 is 5.32 Å². The first-order valence-corrected chi connectivity index (χ1v) is 6.57. The van der Waals surface area contributed by atoms with Crippen molar-refractivity contribution in [3.05, 3.63) is 71.0 Å². The summed E-state index contributed by atoms with van der Waals surface area (Å²) in [6.07, 6.45) is 3.48. The number of amides is 1. The van der Waals surface area contributed by atoms with Gasteiger partial charge in [0.1, 0.15) is 0 Å². The molecule has 20 heavy (non-hydrogen) atoms. The van der Waals surface area contributed by atoms with E-state index in [1.807, 2.05) is 24.4 Å². The van der Waals surface area contributed by atoms with Gasteiger partial charge in [-0.2, -0.15) is 5.10 Å². The minimum absolute atomic E-state index is 0.119. The fourth-order valence-corrected chi connectivity index (χ4v) is 2.15. The standard InChI is InChI=1S/C15H12ClN3O/c16-12-5-3-11(4-6-12)10-17-15(20)13-2-1-9-19-14(13)7-8-18-19/h1-9H,10H2,(H,17,20). The van der Waals surface area contributed by atoms with Crippen LogP contribution in [0.1, 0.15) is 15.9 Å². The van der Waals surface area contributed by atoms with Gasteiger partial charge in [0.15, 0.2) is 0 Å². The van der Waals surface area contributed by atoms with Crippen LogP contribution in [0.15, 0.2) is 54.9 Å². The molecular formula is C15H12ClN3O. The van der Waals surface area contributed by atoms with E-state index in [9.17, 15) is 4.79 Å². The first-order chi connectivity index (χ1) is 9.74. The van der Waals surface area contributed by atoms with E-state index in [4.69, 9.17) is 11.6 Å². The van der Waals surface area contributed by atoms with Gasteiger partial charge in [-0.1, -0.05) is 23.7 Å². The lowest BCUT2D eigenvalue weighted by Gasteiger charge is -2.06. The third-order valence-corrected chi connectivity index (χ3v) is 3.30. The Morgan fingerprint density at radius 3 is 2.80 bits per heavy atom. The Hall–Kier alpha value is -2.33. The van der Waals surface area contributed by atoms with E-state index >= 15 is 0 Å². The molecule has 0 aliphatic carbocycles. The molecule has 3 aromatic rings. The van der Waals surface area contributed by atoms with Crippen LogP contribution in [0.3, 0.4) is 0 Å². The Labute approximate surface area is 121 Å². The number of nitrogens with one attached hydrogen (secondary N) is 1. The number of fused-ring (bicyclic) bond motifs is 1. The molecule has 3 rings (SSSR count). The lowest BCUT2D eigenvalue weighted by atomic mass is 10.2. The molecule has 0 unspecified atom stereocenters. The molecule has 4 nitrogen and oxygen atoms in total. The van der Waals surface area contributed by atoms with Gasteiger partial charge in [0.05, 0.1) is 17.3 Å².